The van der Waals surface area contributed by atoms with Crippen LogP contribution in [0.15, 0.2) is 108 Å². The molecule has 0 unspecified atom stereocenters. The summed E-state index contributed by atoms with van der Waals surface area (Å²) in [6.07, 6.45) is 9.23. The van der Waals surface area contributed by atoms with Crippen molar-refractivity contribution >= 4 is 17.5 Å². The summed E-state index contributed by atoms with van der Waals surface area (Å²) in [5.41, 5.74) is 3.56. The lowest BCUT2D eigenvalue weighted by molar-refractivity contribution is 0.223. The summed E-state index contributed by atoms with van der Waals surface area (Å²) < 4.78 is 6.06. The maximum absolute atomic E-state index is 9.30. The zero-order valence-corrected chi connectivity index (χ0v) is 19.2. The fourth-order valence-electron chi connectivity index (χ4n) is 3.31. The summed E-state index contributed by atoms with van der Waals surface area (Å²) in [5.74, 6) is 1.31. The second-order valence-electron chi connectivity index (χ2n) is 8.59. The highest BCUT2D eigenvalue weighted by Crippen LogP contribution is 2.34. The van der Waals surface area contributed by atoms with Crippen molar-refractivity contribution in [1.82, 2.24) is 0 Å². The van der Waals surface area contributed by atoms with E-state index >= 15 is 0 Å². The molecule has 33 heavy (non-hydrogen) atoms. The van der Waals surface area contributed by atoms with Gasteiger partial charge in [-0.3, -0.25) is 0 Å². The van der Waals surface area contributed by atoms with E-state index in [9.17, 15) is 5.26 Å². The molecule has 1 aliphatic rings. The Morgan fingerprint density at radius 1 is 1.06 bits per heavy atom. The van der Waals surface area contributed by atoms with Crippen LogP contribution in [0.25, 0.3) is 10.9 Å². The van der Waals surface area contributed by atoms with Crippen LogP contribution in [0.4, 0.5) is 11.4 Å². The second kappa shape index (κ2) is 10.4. The zero-order chi connectivity index (χ0) is 23.8. The van der Waals surface area contributed by atoms with Crippen LogP contribution in [0.1, 0.15) is 26.3 Å². The lowest BCUT2D eigenvalue weighted by Gasteiger charge is -2.26. The Bertz CT molecular complexity index is 1190. The van der Waals surface area contributed by atoms with Gasteiger partial charge in [0.15, 0.2) is 0 Å². The van der Waals surface area contributed by atoms with Crippen molar-refractivity contribution in [3.05, 3.63) is 125 Å². The van der Waals surface area contributed by atoms with Crippen molar-refractivity contribution in [2.75, 3.05) is 11.4 Å². The first-order chi connectivity index (χ1) is 15.9. The number of para-hydroxylation sites is 1. The molecule has 0 amide bonds. The Labute approximate surface area is 196 Å². The minimum absolute atomic E-state index is 0.0542. The summed E-state index contributed by atoms with van der Waals surface area (Å²) in [4.78, 5) is 5.55. The van der Waals surface area contributed by atoms with Crippen LogP contribution in [0, 0.1) is 23.3 Å². The topological polar surface area (TPSA) is 40.6 Å². The fraction of sp³-hybridized carbons (Fsp3) is 0.172. The van der Waals surface area contributed by atoms with Crippen molar-refractivity contribution in [3.63, 3.8) is 0 Å². The number of allylic oxidation sites excluding steroid dienone is 6. The summed E-state index contributed by atoms with van der Waals surface area (Å²) in [5, 5.41) is 9.30. The molecule has 0 aliphatic carbocycles. The van der Waals surface area contributed by atoms with Gasteiger partial charge in [0.2, 0.25) is 0 Å². The van der Waals surface area contributed by atoms with Crippen LogP contribution in [0.5, 0.6) is 0 Å². The van der Waals surface area contributed by atoms with Gasteiger partial charge in [0, 0.05) is 23.3 Å². The van der Waals surface area contributed by atoms with Gasteiger partial charge in [-0.2, -0.15) is 0 Å². The van der Waals surface area contributed by atoms with Gasteiger partial charge in [-0.25, -0.2) is 10.1 Å². The number of rotatable bonds is 6. The van der Waals surface area contributed by atoms with E-state index in [0.717, 1.165) is 16.9 Å². The summed E-state index contributed by atoms with van der Waals surface area (Å²) in [7, 11) is 0. The van der Waals surface area contributed by atoms with Gasteiger partial charge in [-0.1, -0.05) is 63.3 Å². The molecule has 0 saturated carbocycles. The van der Waals surface area contributed by atoms with E-state index in [1.54, 1.807) is 12.2 Å². The molecule has 0 spiro atoms. The van der Waals surface area contributed by atoms with Gasteiger partial charge in [0.05, 0.1) is 12.6 Å². The first-order valence-corrected chi connectivity index (χ1v) is 10.7. The van der Waals surface area contributed by atoms with E-state index in [1.165, 1.54) is 0 Å². The zero-order valence-electron chi connectivity index (χ0n) is 19.2. The van der Waals surface area contributed by atoms with E-state index in [4.69, 9.17) is 11.3 Å². The van der Waals surface area contributed by atoms with Gasteiger partial charge in [0.1, 0.15) is 11.5 Å². The standard InChI is InChI=1S/C29H27N3O/c1-6-18-32(24-10-8-7-9-11-24)25-15-12-22(13-16-25)14-17-26-19-23(27(21-30)31-5)20-28(33-26)29(2,3)4/h6-17,19-20H,1,18H2,2-4H3. The van der Waals surface area contributed by atoms with Gasteiger partial charge < -0.3 is 9.64 Å². The predicted octanol–water partition coefficient (Wildman–Crippen LogP) is 7.56. The Morgan fingerprint density at radius 2 is 1.73 bits per heavy atom. The molecule has 0 N–H and O–H groups in total. The molecular weight excluding hydrogens is 406 g/mol. The van der Waals surface area contributed by atoms with Crippen molar-refractivity contribution < 1.29 is 4.74 Å². The highest BCUT2D eigenvalue weighted by molar-refractivity contribution is 5.66. The first kappa shape index (κ1) is 23.4. The van der Waals surface area contributed by atoms with Gasteiger partial charge in [-0.15, -0.1) is 6.58 Å². The third kappa shape index (κ3) is 5.91. The van der Waals surface area contributed by atoms with E-state index in [-0.39, 0.29) is 11.1 Å². The second-order valence-corrected chi connectivity index (χ2v) is 8.59. The fourth-order valence-corrected chi connectivity index (χ4v) is 3.31. The molecular formula is C29H27N3O. The molecule has 0 atom stereocenters. The number of nitriles is 1. The van der Waals surface area contributed by atoms with Gasteiger partial charge in [-0.05, 0) is 53.6 Å². The lowest BCUT2D eigenvalue weighted by Crippen LogP contribution is -2.16. The molecule has 0 radical (unpaired) electrons. The monoisotopic (exact) mass is 433 g/mol. The van der Waals surface area contributed by atoms with Crippen molar-refractivity contribution in [3.8, 4) is 6.07 Å². The molecule has 2 aromatic rings. The van der Waals surface area contributed by atoms with Crippen LogP contribution in [-0.4, -0.2) is 6.54 Å². The normalized spacial score (nSPS) is 14.9. The van der Waals surface area contributed by atoms with Gasteiger partial charge in [0.25, 0.3) is 5.70 Å². The largest absolute Gasteiger partial charge is 0.461 e. The molecule has 0 saturated heterocycles. The van der Waals surface area contributed by atoms with E-state index in [2.05, 4.69) is 40.6 Å². The number of hydrogen-bond acceptors (Lipinski definition) is 3. The first-order valence-electron chi connectivity index (χ1n) is 10.7. The third-order valence-electron chi connectivity index (χ3n) is 5.07. The van der Waals surface area contributed by atoms with Crippen LogP contribution >= 0.6 is 0 Å². The molecule has 0 aromatic heterocycles. The van der Waals surface area contributed by atoms with E-state index < -0.39 is 0 Å². The number of hydrogen-bond donors (Lipinski definition) is 0. The highest BCUT2D eigenvalue weighted by Gasteiger charge is 2.23. The molecule has 3 rings (SSSR count). The molecule has 1 heterocycles. The van der Waals surface area contributed by atoms with Crippen molar-refractivity contribution in [2.45, 2.75) is 20.8 Å². The van der Waals surface area contributed by atoms with Crippen molar-refractivity contribution in [2.24, 2.45) is 5.41 Å². The van der Waals surface area contributed by atoms with Crippen LogP contribution in [0.2, 0.25) is 0 Å². The Hall–Kier alpha value is -4.28. The molecule has 0 bridgehead atoms. The average Bonchev–Trinajstić information content (AvgIpc) is 2.82. The minimum Gasteiger partial charge on any atom is -0.461 e. The molecule has 2 aromatic carbocycles. The number of nitrogens with zero attached hydrogens (tertiary/aromatic N) is 3. The van der Waals surface area contributed by atoms with E-state index in [1.807, 2.05) is 75.4 Å². The number of anilines is 2. The maximum atomic E-state index is 9.30. The Kier molecular flexibility index (Phi) is 7.34. The number of benzene rings is 2. The molecule has 4 nitrogen and oxygen atoms in total. The number of ether oxygens (including phenoxy) is 1. The quantitative estimate of drug-likeness (QED) is 0.268. The predicted molar refractivity (Wildman–Crippen MR) is 135 cm³/mol. The summed E-state index contributed by atoms with van der Waals surface area (Å²) in [6, 6.07) is 20.4. The minimum atomic E-state index is -0.255. The Balaban J connectivity index is 1.86. The van der Waals surface area contributed by atoms with Crippen LogP contribution in [-0.2, 0) is 4.74 Å². The third-order valence-corrected chi connectivity index (χ3v) is 5.07. The summed E-state index contributed by atoms with van der Waals surface area (Å²) >= 11 is 0. The van der Waals surface area contributed by atoms with Crippen molar-refractivity contribution in [1.29, 1.82) is 5.26 Å². The lowest BCUT2D eigenvalue weighted by atomic mass is 9.91. The van der Waals surface area contributed by atoms with Crippen LogP contribution in [0.3, 0.4) is 0 Å². The maximum Gasteiger partial charge on any atom is 0.269 e. The SMILES string of the molecule is [C-]#[N+]C(C#N)=C1C=C(C=Cc2ccc(N(CC=C)c3ccccc3)cc2)OC(C(C)(C)C)=C1. The van der Waals surface area contributed by atoms with Crippen LogP contribution < -0.4 is 4.90 Å². The molecule has 4 heteroatoms. The smallest absolute Gasteiger partial charge is 0.269 e. The van der Waals surface area contributed by atoms with E-state index in [0.29, 0.717) is 23.6 Å². The average molecular weight is 434 g/mol. The molecule has 164 valence electrons. The molecule has 1 aliphatic heterocycles. The Morgan fingerprint density at radius 3 is 2.30 bits per heavy atom. The summed E-state index contributed by atoms with van der Waals surface area (Å²) in [6.45, 7) is 18.0. The highest BCUT2D eigenvalue weighted by atomic mass is 16.5. The molecule has 0 fully saturated rings. The van der Waals surface area contributed by atoms with Gasteiger partial charge >= 0.3 is 0 Å².